The lowest BCUT2D eigenvalue weighted by Crippen LogP contribution is -2.25. The van der Waals surface area contributed by atoms with Crippen LogP contribution in [0.3, 0.4) is 0 Å². The smallest absolute Gasteiger partial charge is 0.282 e. The van der Waals surface area contributed by atoms with Crippen molar-refractivity contribution in [2.45, 2.75) is 44.6 Å². The van der Waals surface area contributed by atoms with E-state index in [9.17, 15) is 10.1 Å². The molecule has 0 amide bonds. The number of hydrogen-bond donors (Lipinski definition) is 0. The number of benzene rings is 3. The Hall–Kier alpha value is -3.28. The van der Waals surface area contributed by atoms with E-state index in [1.54, 1.807) is 18.3 Å². The Morgan fingerprint density at radius 3 is 2.62 bits per heavy atom. The highest BCUT2D eigenvalue weighted by molar-refractivity contribution is 9.10. The number of hydrogen-bond acceptors (Lipinski definition) is 5. The van der Waals surface area contributed by atoms with Crippen LogP contribution in [0.25, 0.3) is 10.9 Å². The predicted molar refractivity (Wildman–Crippen MR) is 152 cm³/mol. The van der Waals surface area contributed by atoms with Gasteiger partial charge in [-0.05, 0) is 55.3 Å². The molecular weight excluding hydrogens is 596 g/mol. The molecule has 186 valence electrons. The van der Waals surface area contributed by atoms with Crippen molar-refractivity contribution in [3.63, 3.8) is 0 Å². The van der Waals surface area contributed by atoms with Crippen LogP contribution in [0.5, 0.6) is 5.75 Å². The van der Waals surface area contributed by atoms with E-state index in [0.29, 0.717) is 33.6 Å². The average Bonchev–Trinajstić information content (AvgIpc) is 2.93. The molecular formula is C29H24Br2N4O2. The molecule has 0 aliphatic heterocycles. The molecule has 0 unspecified atom stereocenters. The lowest BCUT2D eigenvalue weighted by atomic mass is 9.88. The van der Waals surface area contributed by atoms with E-state index in [1.807, 2.05) is 48.5 Å². The number of aromatic nitrogens is 2. The average molecular weight is 620 g/mol. The molecule has 1 aliphatic carbocycles. The Bertz CT molecular complexity index is 1580. The Balaban J connectivity index is 1.54. The van der Waals surface area contributed by atoms with Crippen LogP contribution in [0.15, 0.2) is 79.5 Å². The van der Waals surface area contributed by atoms with Crippen LogP contribution in [0.1, 0.15) is 60.5 Å². The summed E-state index contributed by atoms with van der Waals surface area (Å²) in [5, 5.41) is 14.6. The third-order valence-electron chi connectivity index (χ3n) is 6.61. The molecule has 1 fully saturated rings. The van der Waals surface area contributed by atoms with Crippen molar-refractivity contribution in [1.82, 2.24) is 9.66 Å². The summed E-state index contributed by atoms with van der Waals surface area (Å²) >= 11 is 7.00. The van der Waals surface area contributed by atoms with Crippen LogP contribution >= 0.6 is 31.9 Å². The summed E-state index contributed by atoms with van der Waals surface area (Å²) in [7, 11) is 0. The second-order valence-corrected chi connectivity index (χ2v) is 10.9. The first-order valence-electron chi connectivity index (χ1n) is 12.2. The van der Waals surface area contributed by atoms with Crippen LogP contribution < -0.4 is 10.3 Å². The van der Waals surface area contributed by atoms with E-state index in [-0.39, 0.29) is 18.1 Å². The number of nitriles is 1. The van der Waals surface area contributed by atoms with Crippen molar-refractivity contribution >= 4 is 49.0 Å². The van der Waals surface area contributed by atoms with Gasteiger partial charge >= 0.3 is 0 Å². The molecule has 0 radical (unpaired) electrons. The van der Waals surface area contributed by atoms with Gasteiger partial charge < -0.3 is 4.74 Å². The lowest BCUT2D eigenvalue weighted by Gasteiger charge is -2.22. The summed E-state index contributed by atoms with van der Waals surface area (Å²) in [5.74, 6) is 1.49. The Labute approximate surface area is 231 Å². The topological polar surface area (TPSA) is 80.3 Å². The van der Waals surface area contributed by atoms with Gasteiger partial charge in [0, 0.05) is 26.0 Å². The van der Waals surface area contributed by atoms with Gasteiger partial charge in [-0.15, -0.1) is 0 Å². The van der Waals surface area contributed by atoms with Gasteiger partial charge in [-0.25, -0.2) is 4.98 Å². The number of rotatable bonds is 6. The highest BCUT2D eigenvalue weighted by atomic mass is 79.9. The lowest BCUT2D eigenvalue weighted by molar-refractivity contribution is 0.305. The van der Waals surface area contributed by atoms with E-state index in [2.05, 4.69) is 43.0 Å². The highest BCUT2D eigenvalue weighted by Crippen LogP contribution is 2.32. The first-order chi connectivity index (χ1) is 18.0. The molecule has 0 N–H and O–H groups in total. The third-order valence-corrected chi connectivity index (χ3v) is 7.60. The molecule has 3 aromatic carbocycles. The third kappa shape index (κ3) is 5.68. The van der Waals surface area contributed by atoms with E-state index >= 15 is 0 Å². The first-order valence-corrected chi connectivity index (χ1v) is 13.8. The van der Waals surface area contributed by atoms with E-state index in [4.69, 9.17) is 9.72 Å². The zero-order chi connectivity index (χ0) is 25.8. The molecule has 1 aliphatic rings. The van der Waals surface area contributed by atoms with Crippen LogP contribution in [0, 0.1) is 11.3 Å². The predicted octanol–water partition coefficient (Wildman–Crippen LogP) is 7.30. The normalized spacial score (nSPS) is 14.2. The van der Waals surface area contributed by atoms with Crippen molar-refractivity contribution in [3.8, 4) is 11.8 Å². The Morgan fingerprint density at radius 1 is 1.05 bits per heavy atom. The maximum atomic E-state index is 13.6. The molecule has 5 rings (SSSR count). The standard InChI is InChI=1S/C29H24Br2N4O2/c30-23-11-13-27(37-18-21-9-5-4-8-20(21)16-32)22(14-23)17-33-35-28(19-6-2-1-3-7-19)34-26-12-10-24(31)15-25(26)29(35)36/h4-5,8-15,17,19H,1-3,6-7,18H2. The molecule has 0 bridgehead atoms. The van der Waals surface area contributed by atoms with Crippen molar-refractivity contribution in [3.05, 3.63) is 102 Å². The highest BCUT2D eigenvalue weighted by Gasteiger charge is 2.22. The second-order valence-electron chi connectivity index (χ2n) is 9.07. The molecule has 6 nitrogen and oxygen atoms in total. The molecule has 0 spiro atoms. The summed E-state index contributed by atoms with van der Waals surface area (Å²) in [6.45, 7) is 0.241. The second kappa shape index (κ2) is 11.4. The maximum absolute atomic E-state index is 13.6. The summed E-state index contributed by atoms with van der Waals surface area (Å²) in [4.78, 5) is 18.5. The SMILES string of the molecule is N#Cc1ccccc1COc1ccc(Br)cc1C=Nn1c(C2CCCCC2)nc2ccc(Br)cc2c1=O. The molecule has 8 heteroatoms. The Morgan fingerprint density at radius 2 is 1.81 bits per heavy atom. The van der Waals surface area contributed by atoms with E-state index < -0.39 is 0 Å². The zero-order valence-corrected chi connectivity index (χ0v) is 23.2. The minimum absolute atomic E-state index is 0.187. The van der Waals surface area contributed by atoms with Gasteiger partial charge in [-0.2, -0.15) is 15.0 Å². The van der Waals surface area contributed by atoms with Gasteiger partial charge in [0.1, 0.15) is 18.2 Å². The van der Waals surface area contributed by atoms with Crippen molar-refractivity contribution in [1.29, 1.82) is 5.26 Å². The van der Waals surface area contributed by atoms with Crippen molar-refractivity contribution < 1.29 is 4.74 Å². The summed E-state index contributed by atoms with van der Waals surface area (Å²) < 4.78 is 9.24. The molecule has 4 aromatic rings. The number of halogens is 2. The van der Waals surface area contributed by atoms with Gasteiger partial charge in [0.2, 0.25) is 0 Å². The van der Waals surface area contributed by atoms with Gasteiger partial charge in [-0.1, -0.05) is 69.3 Å². The van der Waals surface area contributed by atoms with Crippen molar-refractivity contribution in [2.24, 2.45) is 5.10 Å². The Kier molecular flexibility index (Phi) is 7.82. The summed E-state index contributed by atoms with van der Waals surface area (Å²) in [6.07, 6.45) is 7.08. The quantitative estimate of drug-likeness (QED) is 0.212. The molecule has 1 saturated carbocycles. The molecule has 37 heavy (non-hydrogen) atoms. The van der Waals surface area contributed by atoms with Gasteiger partial charge in [0.25, 0.3) is 5.56 Å². The van der Waals surface area contributed by atoms with Gasteiger partial charge in [0.15, 0.2) is 0 Å². The molecule has 1 aromatic heterocycles. The maximum Gasteiger partial charge on any atom is 0.282 e. The first kappa shape index (κ1) is 25.4. The number of nitrogens with zero attached hydrogens (tertiary/aromatic N) is 4. The van der Waals surface area contributed by atoms with Crippen LogP contribution in [0.2, 0.25) is 0 Å². The molecule has 0 saturated heterocycles. The van der Waals surface area contributed by atoms with E-state index in [1.165, 1.54) is 11.1 Å². The van der Waals surface area contributed by atoms with E-state index in [0.717, 1.165) is 40.2 Å². The fourth-order valence-corrected chi connectivity index (χ4v) is 5.42. The number of ether oxygens (including phenoxy) is 1. The monoisotopic (exact) mass is 618 g/mol. The fourth-order valence-electron chi connectivity index (χ4n) is 4.68. The van der Waals surface area contributed by atoms with Gasteiger partial charge in [-0.3, -0.25) is 4.79 Å². The summed E-state index contributed by atoms with van der Waals surface area (Å²) in [6, 6.07) is 20.8. The fraction of sp³-hybridized carbons (Fsp3) is 0.241. The van der Waals surface area contributed by atoms with Crippen LogP contribution in [-0.2, 0) is 6.61 Å². The van der Waals surface area contributed by atoms with Crippen LogP contribution in [0.4, 0.5) is 0 Å². The number of fused-ring (bicyclic) bond motifs is 1. The minimum Gasteiger partial charge on any atom is -0.488 e. The largest absolute Gasteiger partial charge is 0.488 e. The van der Waals surface area contributed by atoms with Crippen molar-refractivity contribution in [2.75, 3.05) is 0 Å². The van der Waals surface area contributed by atoms with Crippen LogP contribution in [-0.4, -0.2) is 15.9 Å². The summed E-state index contributed by atoms with van der Waals surface area (Å²) in [5.41, 5.74) is 2.58. The molecule has 0 atom stereocenters. The molecule has 1 heterocycles. The zero-order valence-electron chi connectivity index (χ0n) is 20.0. The minimum atomic E-state index is -0.191. The van der Waals surface area contributed by atoms with Gasteiger partial charge in [0.05, 0.1) is 28.8 Å².